The van der Waals surface area contributed by atoms with Crippen molar-refractivity contribution in [2.45, 2.75) is 25.9 Å². The molecule has 0 aromatic carbocycles. The van der Waals surface area contributed by atoms with Crippen LogP contribution in [-0.2, 0) is 4.52 Å². The van der Waals surface area contributed by atoms with Gasteiger partial charge >= 0.3 is 0 Å². The van der Waals surface area contributed by atoms with Crippen LogP contribution in [0.1, 0.15) is 20.3 Å². The molecule has 0 aliphatic heterocycles. The Balaban J connectivity index is 3.23. The molecule has 0 aliphatic carbocycles. The monoisotopic (exact) mass is 161 g/mol. The van der Waals surface area contributed by atoms with Gasteiger partial charge < -0.3 is 9.42 Å². The lowest BCUT2D eigenvalue weighted by Crippen LogP contribution is -1.96. The summed E-state index contributed by atoms with van der Waals surface area (Å²) >= 11 is 0. The van der Waals surface area contributed by atoms with Crippen LogP contribution in [0.15, 0.2) is 0 Å². The Labute approximate surface area is 62.5 Å². The number of nitrogens with zero attached hydrogens (tertiary/aromatic N) is 1. The van der Waals surface area contributed by atoms with Crippen LogP contribution in [0.4, 0.5) is 0 Å². The summed E-state index contributed by atoms with van der Waals surface area (Å²) in [7, 11) is -1.30. The van der Waals surface area contributed by atoms with Gasteiger partial charge in [-0.25, -0.2) is 0 Å². The van der Waals surface area contributed by atoms with E-state index >= 15 is 0 Å². The first kappa shape index (κ1) is 9.84. The van der Waals surface area contributed by atoms with Gasteiger partial charge in [-0.2, -0.15) is 5.26 Å². The van der Waals surface area contributed by atoms with Gasteiger partial charge in [0.1, 0.15) is 0 Å². The Morgan fingerprint density at radius 2 is 2.30 bits per heavy atom. The van der Waals surface area contributed by atoms with Crippen LogP contribution in [0.3, 0.4) is 0 Å². The largest absolute Gasteiger partial charge is 0.350 e. The summed E-state index contributed by atoms with van der Waals surface area (Å²) in [6.45, 7) is 4.12. The van der Waals surface area contributed by atoms with Crippen molar-refractivity contribution in [2.75, 3.05) is 6.61 Å². The minimum Gasteiger partial charge on any atom is -0.350 e. The van der Waals surface area contributed by atoms with Crippen LogP contribution < -0.4 is 0 Å². The molecule has 1 unspecified atom stereocenters. The molecule has 0 aromatic rings. The standard InChI is InChI=1S/C6H12NO2P/c1-6(2)10(8)9-5-3-4-7/h6,8H,3,5H2,1-2H3. The molecule has 10 heavy (non-hydrogen) atoms. The van der Waals surface area contributed by atoms with Crippen LogP contribution in [0.25, 0.3) is 0 Å². The summed E-state index contributed by atoms with van der Waals surface area (Å²) in [5, 5.41) is 8.11. The fourth-order valence-corrected chi connectivity index (χ4v) is 0.910. The first-order chi connectivity index (χ1) is 4.68. The molecule has 0 aliphatic rings. The number of hydrogen-bond donors (Lipinski definition) is 1. The van der Waals surface area contributed by atoms with Crippen LogP contribution >= 0.6 is 8.38 Å². The average molecular weight is 161 g/mol. The van der Waals surface area contributed by atoms with Gasteiger partial charge in [0.15, 0.2) is 8.38 Å². The molecule has 0 saturated carbocycles. The molecule has 1 N–H and O–H groups in total. The Hall–Kier alpha value is -0.160. The number of nitriles is 1. The Morgan fingerprint density at radius 1 is 1.70 bits per heavy atom. The Kier molecular flexibility index (Phi) is 5.52. The van der Waals surface area contributed by atoms with Gasteiger partial charge in [-0.15, -0.1) is 0 Å². The molecule has 0 radical (unpaired) electrons. The van der Waals surface area contributed by atoms with E-state index in [0.29, 0.717) is 13.0 Å². The molecule has 3 nitrogen and oxygen atoms in total. The fourth-order valence-electron chi connectivity index (χ4n) is 0.334. The fraction of sp³-hybridized carbons (Fsp3) is 0.833. The second kappa shape index (κ2) is 5.61. The predicted molar refractivity (Wildman–Crippen MR) is 40.5 cm³/mol. The van der Waals surface area contributed by atoms with Gasteiger partial charge in [0, 0.05) is 5.66 Å². The lowest BCUT2D eigenvalue weighted by molar-refractivity contribution is 0.313. The third-order valence-corrected chi connectivity index (χ3v) is 2.21. The van der Waals surface area contributed by atoms with Crippen molar-refractivity contribution in [3.8, 4) is 6.07 Å². The van der Waals surface area contributed by atoms with Crippen molar-refractivity contribution in [2.24, 2.45) is 0 Å². The molecule has 1 atom stereocenters. The van der Waals surface area contributed by atoms with E-state index in [-0.39, 0.29) is 5.66 Å². The molecule has 0 spiro atoms. The summed E-state index contributed by atoms with van der Waals surface area (Å²) in [5.41, 5.74) is 0.161. The van der Waals surface area contributed by atoms with Crippen molar-refractivity contribution in [1.29, 1.82) is 5.26 Å². The summed E-state index contributed by atoms with van der Waals surface area (Å²) in [5.74, 6) is 0. The van der Waals surface area contributed by atoms with Gasteiger partial charge in [0.05, 0.1) is 19.1 Å². The van der Waals surface area contributed by atoms with E-state index in [1.54, 1.807) is 0 Å². The van der Waals surface area contributed by atoms with E-state index < -0.39 is 8.38 Å². The zero-order valence-corrected chi connectivity index (χ0v) is 7.14. The van der Waals surface area contributed by atoms with Gasteiger partial charge in [0.25, 0.3) is 0 Å². The SMILES string of the molecule is CC(C)P(O)OCCC#N. The lowest BCUT2D eigenvalue weighted by atomic mass is 10.5. The number of hydrogen-bond acceptors (Lipinski definition) is 3. The smallest absolute Gasteiger partial charge is 0.170 e. The Morgan fingerprint density at radius 3 is 2.70 bits per heavy atom. The topological polar surface area (TPSA) is 53.2 Å². The average Bonchev–Trinajstić information content (AvgIpc) is 1.88. The van der Waals surface area contributed by atoms with E-state index in [9.17, 15) is 0 Å². The van der Waals surface area contributed by atoms with Crippen LogP contribution in [0, 0.1) is 11.3 Å². The minimum atomic E-state index is -1.30. The molecule has 0 saturated heterocycles. The van der Waals surface area contributed by atoms with Gasteiger partial charge in [0.2, 0.25) is 0 Å². The summed E-state index contributed by atoms with van der Waals surface area (Å²) in [6.07, 6.45) is 0.353. The maximum absolute atomic E-state index is 9.09. The summed E-state index contributed by atoms with van der Waals surface area (Å²) in [6, 6.07) is 1.94. The zero-order chi connectivity index (χ0) is 7.98. The quantitative estimate of drug-likeness (QED) is 0.503. The molecule has 0 aromatic heterocycles. The van der Waals surface area contributed by atoms with E-state index in [1.807, 2.05) is 19.9 Å². The predicted octanol–water partition coefficient (Wildman–Crippen LogP) is 1.63. The van der Waals surface area contributed by atoms with E-state index in [1.165, 1.54) is 0 Å². The molecule has 0 amide bonds. The van der Waals surface area contributed by atoms with Gasteiger partial charge in [-0.1, -0.05) is 13.8 Å². The highest BCUT2D eigenvalue weighted by atomic mass is 31.2. The summed E-state index contributed by atoms with van der Waals surface area (Å²) < 4.78 is 4.94. The second-order valence-electron chi connectivity index (χ2n) is 2.14. The van der Waals surface area contributed by atoms with Crippen molar-refractivity contribution in [1.82, 2.24) is 0 Å². The second-order valence-corrected chi connectivity index (χ2v) is 4.03. The molecule has 0 bridgehead atoms. The molecule has 4 heteroatoms. The molecule has 58 valence electrons. The van der Waals surface area contributed by atoms with Crippen LogP contribution in [0.5, 0.6) is 0 Å². The molecular weight excluding hydrogens is 149 g/mol. The third kappa shape index (κ3) is 4.69. The molecular formula is C6H12NO2P. The first-order valence-electron chi connectivity index (χ1n) is 3.16. The van der Waals surface area contributed by atoms with E-state index in [2.05, 4.69) is 0 Å². The van der Waals surface area contributed by atoms with Gasteiger partial charge in [-0.05, 0) is 0 Å². The minimum absolute atomic E-state index is 0.161. The maximum atomic E-state index is 9.09. The highest BCUT2D eigenvalue weighted by molar-refractivity contribution is 7.46. The molecule has 0 heterocycles. The third-order valence-electron chi connectivity index (χ3n) is 0.879. The normalized spacial score (nSPS) is 13.1. The van der Waals surface area contributed by atoms with Crippen molar-refractivity contribution in [3.63, 3.8) is 0 Å². The zero-order valence-electron chi connectivity index (χ0n) is 6.24. The van der Waals surface area contributed by atoms with E-state index in [0.717, 1.165) is 0 Å². The maximum Gasteiger partial charge on any atom is 0.170 e. The van der Waals surface area contributed by atoms with Crippen molar-refractivity contribution >= 4 is 8.38 Å². The van der Waals surface area contributed by atoms with E-state index in [4.69, 9.17) is 14.7 Å². The van der Waals surface area contributed by atoms with Crippen LogP contribution in [-0.4, -0.2) is 17.2 Å². The lowest BCUT2D eigenvalue weighted by Gasteiger charge is -2.12. The highest BCUT2D eigenvalue weighted by Crippen LogP contribution is 2.36. The van der Waals surface area contributed by atoms with Crippen molar-refractivity contribution in [3.05, 3.63) is 0 Å². The molecule has 0 rings (SSSR count). The molecule has 0 fully saturated rings. The van der Waals surface area contributed by atoms with Gasteiger partial charge in [-0.3, -0.25) is 0 Å². The Bertz CT molecular complexity index is 121. The summed E-state index contributed by atoms with van der Waals surface area (Å²) in [4.78, 5) is 9.09. The highest BCUT2D eigenvalue weighted by Gasteiger charge is 2.08. The number of rotatable bonds is 4. The first-order valence-corrected chi connectivity index (χ1v) is 4.44. The van der Waals surface area contributed by atoms with Crippen molar-refractivity contribution < 1.29 is 9.42 Å². The van der Waals surface area contributed by atoms with Crippen LogP contribution in [0.2, 0.25) is 0 Å².